The number of thiazole rings is 1. The number of amides is 2. The van der Waals surface area contributed by atoms with E-state index in [0.717, 1.165) is 5.01 Å². The van der Waals surface area contributed by atoms with Gasteiger partial charge in [0.2, 0.25) is 5.91 Å². The molecule has 1 aromatic heterocycles. The molecule has 2 aliphatic rings. The average Bonchev–Trinajstić information content (AvgIpc) is 3.60. The third kappa shape index (κ3) is 3.97. The van der Waals surface area contributed by atoms with Crippen molar-refractivity contribution in [1.82, 2.24) is 15.2 Å². The molecule has 3 aromatic rings. The Morgan fingerprint density at radius 2 is 1.94 bits per heavy atom. The minimum atomic E-state index is -3.14. The van der Waals surface area contributed by atoms with Crippen LogP contribution in [0.1, 0.15) is 38.8 Å². The Kier molecular flexibility index (Phi) is 5.84. The van der Waals surface area contributed by atoms with E-state index in [-0.39, 0.29) is 35.7 Å². The van der Waals surface area contributed by atoms with Gasteiger partial charge in [-0.1, -0.05) is 30.3 Å². The molecule has 2 amide bonds. The second kappa shape index (κ2) is 8.84. The molecule has 2 heterocycles. The third-order valence-electron chi connectivity index (χ3n) is 6.47. The molecule has 1 aliphatic heterocycles. The molecule has 7 nitrogen and oxygen atoms in total. The molecule has 1 N–H and O–H groups in total. The van der Waals surface area contributed by atoms with Gasteiger partial charge < -0.3 is 15.0 Å². The number of benzene rings is 2. The highest BCUT2D eigenvalue weighted by Crippen LogP contribution is 2.50. The average molecular weight is 498 g/mol. The summed E-state index contributed by atoms with van der Waals surface area (Å²) < 4.78 is 34.4. The van der Waals surface area contributed by atoms with Crippen LogP contribution in [0.3, 0.4) is 0 Å². The van der Waals surface area contributed by atoms with Gasteiger partial charge in [0.15, 0.2) is 0 Å². The number of esters is 1. The number of likely N-dealkylation sites (tertiary alicyclic amines) is 1. The van der Waals surface area contributed by atoms with Crippen LogP contribution < -0.4 is 5.32 Å². The molecule has 1 fully saturated rings. The molecule has 0 spiro atoms. The van der Waals surface area contributed by atoms with E-state index in [9.17, 15) is 23.2 Å². The molecule has 10 heteroatoms. The van der Waals surface area contributed by atoms with Gasteiger partial charge in [0.1, 0.15) is 6.04 Å². The Labute approximate surface area is 203 Å². The highest BCUT2D eigenvalue weighted by Gasteiger charge is 2.44. The van der Waals surface area contributed by atoms with E-state index < -0.39 is 29.7 Å². The number of ether oxygens (including phenoxy) is 1. The number of nitrogens with zero attached hydrogens (tertiary/aromatic N) is 2. The van der Waals surface area contributed by atoms with E-state index in [2.05, 4.69) is 10.3 Å². The Balaban J connectivity index is 1.30. The van der Waals surface area contributed by atoms with E-state index in [1.54, 1.807) is 24.4 Å². The monoisotopic (exact) mass is 497 g/mol. The van der Waals surface area contributed by atoms with Crippen molar-refractivity contribution >= 4 is 29.1 Å². The number of carbonyl (C=O) groups is 3. The van der Waals surface area contributed by atoms with Crippen LogP contribution in [0.4, 0.5) is 8.78 Å². The van der Waals surface area contributed by atoms with Crippen LogP contribution in [-0.2, 0) is 20.2 Å². The van der Waals surface area contributed by atoms with Crippen LogP contribution in [0.2, 0.25) is 0 Å². The van der Waals surface area contributed by atoms with Crippen molar-refractivity contribution in [3.8, 4) is 11.1 Å². The largest absolute Gasteiger partial charge is 0.467 e. The summed E-state index contributed by atoms with van der Waals surface area (Å²) in [6.45, 7) is -0.0621. The predicted molar refractivity (Wildman–Crippen MR) is 124 cm³/mol. The maximum atomic E-state index is 14.8. The summed E-state index contributed by atoms with van der Waals surface area (Å²) in [7, 11) is 1.26. The Morgan fingerprint density at radius 3 is 2.69 bits per heavy atom. The van der Waals surface area contributed by atoms with Gasteiger partial charge in [0, 0.05) is 40.7 Å². The second-order valence-corrected chi connectivity index (χ2v) is 9.38. The minimum absolute atomic E-state index is 0.0968. The summed E-state index contributed by atoms with van der Waals surface area (Å²) in [5.74, 6) is -4.77. The summed E-state index contributed by atoms with van der Waals surface area (Å²) in [6, 6.07) is 9.42. The number of alkyl halides is 2. The van der Waals surface area contributed by atoms with Gasteiger partial charge >= 0.3 is 5.97 Å². The third-order valence-corrected chi connectivity index (χ3v) is 7.41. The van der Waals surface area contributed by atoms with Crippen LogP contribution in [0.25, 0.3) is 11.1 Å². The first kappa shape index (κ1) is 23.1. The Bertz CT molecular complexity index is 1310. The van der Waals surface area contributed by atoms with Crippen molar-refractivity contribution in [2.45, 2.75) is 24.3 Å². The van der Waals surface area contributed by atoms with Gasteiger partial charge in [-0.3, -0.25) is 9.59 Å². The van der Waals surface area contributed by atoms with Crippen LogP contribution in [0.15, 0.2) is 54.0 Å². The molecule has 2 unspecified atom stereocenters. The van der Waals surface area contributed by atoms with Gasteiger partial charge in [-0.25, -0.2) is 9.78 Å². The van der Waals surface area contributed by atoms with Crippen molar-refractivity contribution in [3.63, 3.8) is 0 Å². The lowest BCUT2D eigenvalue weighted by Crippen LogP contribution is -2.46. The number of methoxy groups -OCH3 is 1. The van der Waals surface area contributed by atoms with Crippen molar-refractivity contribution in [2.24, 2.45) is 0 Å². The fourth-order valence-electron chi connectivity index (χ4n) is 4.76. The van der Waals surface area contributed by atoms with Crippen molar-refractivity contribution in [1.29, 1.82) is 0 Å². The van der Waals surface area contributed by atoms with E-state index in [1.165, 1.54) is 47.6 Å². The number of halogens is 2. The first-order valence-corrected chi connectivity index (χ1v) is 11.9. The quantitative estimate of drug-likeness (QED) is 0.545. The highest BCUT2D eigenvalue weighted by atomic mass is 32.1. The smallest absolute Gasteiger partial charge is 0.328 e. The summed E-state index contributed by atoms with van der Waals surface area (Å²) in [6.07, 6.45) is 2.06. The first-order chi connectivity index (χ1) is 16.8. The molecule has 0 radical (unpaired) electrons. The van der Waals surface area contributed by atoms with Crippen molar-refractivity contribution in [3.05, 3.63) is 75.7 Å². The predicted octanol–water partition coefficient (Wildman–Crippen LogP) is 3.55. The van der Waals surface area contributed by atoms with Crippen molar-refractivity contribution in [2.75, 3.05) is 20.2 Å². The lowest BCUT2D eigenvalue weighted by Gasteiger charge is -2.22. The van der Waals surface area contributed by atoms with Gasteiger partial charge in [-0.05, 0) is 29.7 Å². The van der Waals surface area contributed by atoms with Gasteiger partial charge in [0.25, 0.3) is 11.8 Å². The maximum Gasteiger partial charge on any atom is 0.328 e. The van der Waals surface area contributed by atoms with E-state index in [1.807, 2.05) is 5.38 Å². The fraction of sp³-hybridized carbons (Fsp3) is 0.280. The Morgan fingerprint density at radius 1 is 1.17 bits per heavy atom. The van der Waals surface area contributed by atoms with E-state index in [4.69, 9.17) is 4.74 Å². The van der Waals surface area contributed by atoms with E-state index in [0.29, 0.717) is 17.5 Å². The molecule has 180 valence electrons. The Hall–Kier alpha value is -3.66. The number of rotatable bonds is 5. The summed E-state index contributed by atoms with van der Waals surface area (Å²) in [5, 5.41) is 5.21. The van der Waals surface area contributed by atoms with Crippen LogP contribution in [0, 0.1) is 0 Å². The lowest BCUT2D eigenvalue weighted by molar-refractivity contribution is -0.150. The minimum Gasteiger partial charge on any atom is -0.467 e. The first-order valence-electron chi connectivity index (χ1n) is 11.0. The number of nitrogens with one attached hydrogen (secondary N) is 1. The zero-order chi connectivity index (χ0) is 24.7. The molecular weight excluding hydrogens is 476 g/mol. The molecule has 5 rings (SSSR count). The molecule has 0 saturated carbocycles. The van der Waals surface area contributed by atoms with Gasteiger partial charge in [-0.15, -0.1) is 11.3 Å². The molecule has 2 aromatic carbocycles. The standard InChI is InChI=1S/C25H21F2N3O4S/c1-34-24(33)20-11-15(23-28-8-9-35-23)13-30(20)21(31)12-29-22(32)14-6-7-19-17(10-14)16-4-2-3-5-18(16)25(19,26)27/h2-10,15,20H,11-13H2,1H3,(H,29,32). The fourth-order valence-corrected chi connectivity index (χ4v) is 5.51. The zero-order valence-corrected chi connectivity index (χ0v) is 19.5. The molecule has 35 heavy (non-hydrogen) atoms. The highest BCUT2D eigenvalue weighted by molar-refractivity contribution is 7.09. The second-order valence-electron chi connectivity index (χ2n) is 8.45. The van der Waals surface area contributed by atoms with Crippen LogP contribution in [0.5, 0.6) is 0 Å². The summed E-state index contributed by atoms with van der Waals surface area (Å²) in [4.78, 5) is 43.7. The topological polar surface area (TPSA) is 88.6 Å². The van der Waals surface area contributed by atoms with E-state index >= 15 is 0 Å². The van der Waals surface area contributed by atoms with Gasteiger partial charge in [0.05, 0.1) is 18.7 Å². The molecule has 1 aliphatic carbocycles. The molecule has 2 atom stereocenters. The van der Waals surface area contributed by atoms with Crippen LogP contribution in [-0.4, -0.2) is 53.9 Å². The van der Waals surface area contributed by atoms with Crippen molar-refractivity contribution < 1.29 is 27.9 Å². The summed E-state index contributed by atoms with van der Waals surface area (Å²) >= 11 is 1.45. The number of aromatic nitrogens is 1. The summed E-state index contributed by atoms with van der Waals surface area (Å²) in [5.41, 5.74) is 0.583. The molecule has 0 bridgehead atoms. The number of hydrogen-bond acceptors (Lipinski definition) is 6. The molecule has 1 saturated heterocycles. The molecular formula is C25H21F2N3O4S. The normalized spacial score (nSPS) is 19.7. The number of carbonyl (C=O) groups excluding carboxylic acids is 3. The number of hydrogen-bond donors (Lipinski definition) is 1. The van der Waals surface area contributed by atoms with Crippen LogP contribution >= 0.6 is 11.3 Å². The van der Waals surface area contributed by atoms with Gasteiger partial charge in [-0.2, -0.15) is 8.78 Å². The SMILES string of the molecule is COC(=O)C1CC(c2nccs2)CN1C(=O)CNC(=O)c1ccc2c(c1)-c1ccccc1C2(F)F. The number of fused-ring (bicyclic) bond motifs is 3. The maximum absolute atomic E-state index is 14.8. The lowest BCUT2D eigenvalue weighted by atomic mass is 10.0. The zero-order valence-electron chi connectivity index (χ0n) is 18.7.